The van der Waals surface area contributed by atoms with E-state index >= 15 is 0 Å². The molecule has 21 heavy (non-hydrogen) atoms. The fourth-order valence-corrected chi connectivity index (χ4v) is 1.87. The molecule has 0 atom stereocenters. The summed E-state index contributed by atoms with van der Waals surface area (Å²) in [4.78, 5) is 20.3. The normalized spacial score (nSPS) is 15.6. The number of carbonyl (C=O) groups is 1. The van der Waals surface area contributed by atoms with Gasteiger partial charge in [-0.15, -0.1) is 0 Å². The molecule has 7 heteroatoms. The Kier molecular flexibility index (Phi) is 2.90. The van der Waals surface area contributed by atoms with E-state index in [4.69, 9.17) is 10.5 Å². The van der Waals surface area contributed by atoms with Crippen LogP contribution in [-0.2, 0) is 4.79 Å². The maximum absolute atomic E-state index is 11.9. The Hall–Kier alpha value is -2.83. The number of hydrogen-bond donors (Lipinski definition) is 3. The third kappa shape index (κ3) is 2.58. The zero-order chi connectivity index (χ0) is 15.0. The van der Waals surface area contributed by atoms with Gasteiger partial charge in [0, 0.05) is 11.4 Å². The molecule has 4 N–H and O–H groups in total. The molecular weight excluding hydrogens is 270 g/mol. The highest BCUT2D eigenvalue weighted by Gasteiger charge is 2.36. The summed E-state index contributed by atoms with van der Waals surface area (Å²) in [7, 11) is 0. The summed E-state index contributed by atoms with van der Waals surface area (Å²) in [5.74, 6) is 0.920. The molecule has 1 amide bonds. The van der Waals surface area contributed by atoms with Crippen molar-refractivity contribution in [3.63, 3.8) is 0 Å². The van der Waals surface area contributed by atoms with Crippen LogP contribution in [0.3, 0.4) is 0 Å². The summed E-state index contributed by atoms with van der Waals surface area (Å²) in [6, 6.07) is 7.18. The number of ether oxygens (including phenoxy) is 1. The standard InChI is InChI=1S/C14H15N5O2/c1-14(2)12(20)18-11-10(21-14)7-16-13(19-11)17-9-5-3-8(15)4-6-9/h3-7H,15H2,1-2H3,(H2,16,17,18,19,20). The van der Waals surface area contributed by atoms with Crippen LogP contribution in [0.1, 0.15) is 13.8 Å². The predicted molar refractivity (Wildman–Crippen MR) is 79.5 cm³/mol. The van der Waals surface area contributed by atoms with Gasteiger partial charge in [-0.3, -0.25) is 4.79 Å². The monoisotopic (exact) mass is 285 g/mol. The van der Waals surface area contributed by atoms with E-state index in [1.165, 1.54) is 6.20 Å². The molecule has 0 unspecified atom stereocenters. The van der Waals surface area contributed by atoms with E-state index in [1.807, 2.05) is 12.1 Å². The van der Waals surface area contributed by atoms with Crippen LogP contribution >= 0.6 is 0 Å². The number of nitrogens with one attached hydrogen (secondary N) is 2. The average Bonchev–Trinajstić information content (AvgIpc) is 2.43. The van der Waals surface area contributed by atoms with Gasteiger partial charge in [0.2, 0.25) is 5.95 Å². The van der Waals surface area contributed by atoms with Crippen LogP contribution in [0.15, 0.2) is 30.5 Å². The third-order valence-corrected chi connectivity index (χ3v) is 3.07. The van der Waals surface area contributed by atoms with E-state index in [-0.39, 0.29) is 5.91 Å². The summed E-state index contributed by atoms with van der Waals surface area (Å²) in [6.07, 6.45) is 1.53. The van der Waals surface area contributed by atoms with Crippen molar-refractivity contribution in [1.82, 2.24) is 9.97 Å². The molecule has 0 fully saturated rings. The van der Waals surface area contributed by atoms with Crippen LogP contribution in [0.2, 0.25) is 0 Å². The third-order valence-electron chi connectivity index (χ3n) is 3.07. The van der Waals surface area contributed by atoms with Crippen LogP contribution in [-0.4, -0.2) is 21.5 Å². The second kappa shape index (κ2) is 4.62. The number of fused-ring (bicyclic) bond motifs is 1. The summed E-state index contributed by atoms with van der Waals surface area (Å²) < 4.78 is 5.57. The largest absolute Gasteiger partial charge is 0.472 e. The first-order valence-corrected chi connectivity index (χ1v) is 6.44. The molecule has 0 spiro atoms. The van der Waals surface area contributed by atoms with E-state index < -0.39 is 5.60 Å². The lowest BCUT2D eigenvalue weighted by Gasteiger charge is -2.30. The molecule has 1 aromatic carbocycles. The van der Waals surface area contributed by atoms with Crippen molar-refractivity contribution in [2.24, 2.45) is 0 Å². The predicted octanol–water partition coefficient (Wildman–Crippen LogP) is 1.91. The molecule has 2 aromatic rings. The number of anilines is 4. The Morgan fingerprint density at radius 3 is 2.71 bits per heavy atom. The van der Waals surface area contributed by atoms with Gasteiger partial charge >= 0.3 is 0 Å². The van der Waals surface area contributed by atoms with Crippen LogP contribution in [0.25, 0.3) is 0 Å². The lowest BCUT2D eigenvalue weighted by Crippen LogP contribution is -2.46. The van der Waals surface area contributed by atoms with Crippen molar-refractivity contribution in [2.75, 3.05) is 16.4 Å². The lowest BCUT2D eigenvalue weighted by atomic mass is 10.1. The first-order chi connectivity index (χ1) is 9.94. The number of nitrogens with zero attached hydrogens (tertiary/aromatic N) is 2. The molecular formula is C14H15N5O2. The van der Waals surface area contributed by atoms with E-state index in [1.54, 1.807) is 26.0 Å². The number of hydrogen-bond acceptors (Lipinski definition) is 6. The molecule has 0 radical (unpaired) electrons. The van der Waals surface area contributed by atoms with Crippen LogP contribution < -0.4 is 21.1 Å². The zero-order valence-electron chi connectivity index (χ0n) is 11.7. The van der Waals surface area contributed by atoms with Crippen molar-refractivity contribution in [3.05, 3.63) is 30.5 Å². The lowest BCUT2D eigenvalue weighted by molar-refractivity contribution is -0.129. The zero-order valence-corrected chi connectivity index (χ0v) is 11.7. The number of amides is 1. The van der Waals surface area contributed by atoms with Gasteiger partial charge < -0.3 is 21.1 Å². The van der Waals surface area contributed by atoms with Crippen LogP contribution in [0.4, 0.5) is 23.1 Å². The number of nitrogen functional groups attached to an aromatic ring is 1. The SMILES string of the molecule is CC1(C)Oc2cnc(Nc3ccc(N)cc3)nc2NC1=O. The Bertz CT molecular complexity index is 697. The molecule has 0 saturated carbocycles. The molecule has 3 rings (SSSR count). The highest BCUT2D eigenvalue weighted by Crippen LogP contribution is 2.32. The van der Waals surface area contributed by atoms with Crippen LogP contribution in [0.5, 0.6) is 5.75 Å². The molecule has 0 saturated heterocycles. The average molecular weight is 285 g/mol. The van der Waals surface area contributed by atoms with E-state index in [0.29, 0.717) is 23.2 Å². The number of rotatable bonds is 2. The summed E-state index contributed by atoms with van der Waals surface area (Å²) >= 11 is 0. The molecule has 2 heterocycles. The van der Waals surface area contributed by atoms with Gasteiger partial charge in [0.15, 0.2) is 17.2 Å². The Morgan fingerprint density at radius 1 is 1.29 bits per heavy atom. The van der Waals surface area contributed by atoms with Crippen molar-refractivity contribution >= 4 is 29.0 Å². The molecule has 0 aliphatic carbocycles. The second-order valence-electron chi connectivity index (χ2n) is 5.22. The van der Waals surface area contributed by atoms with Gasteiger partial charge in [-0.05, 0) is 38.1 Å². The number of aromatic nitrogens is 2. The number of nitrogens with two attached hydrogens (primary N) is 1. The summed E-state index contributed by atoms with van der Waals surface area (Å²) in [5, 5.41) is 5.74. The van der Waals surface area contributed by atoms with Gasteiger partial charge in [0.1, 0.15) is 0 Å². The summed E-state index contributed by atoms with van der Waals surface area (Å²) in [6.45, 7) is 3.37. The minimum atomic E-state index is -0.928. The quantitative estimate of drug-likeness (QED) is 0.728. The van der Waals surface area contributed by atoms with Crippen molar-refractivity contribution in [3.8, 4) is 5.75 Å². The second-order valence-corrected chi connectivity index (χ2v) is 5.22. The van der Waals surface area contributed by atoms with Gasteiger partial charge in [0.05, 0.1) is 6.20 Å². The highest BCUT2D eigenvalue weighted by molar-refractivity contribution is 5.99. The summed E-state index contributed by atoms with van der Waals surface area (Å²) in [5.41, 5.74) is 6.17. The molecule has 7 nitrogen and oxygen atoms in total. The minimum absolute atomic E-state index is 0.243. The maximum atomic E-state index is 11.9. The van der Waals surface area contributed by atoms with Gasteiger partial charge in [-0.1, -0.05) is 0 Å². The van der Waals surface area contributed by atoms with E-state index in [9.17, 15) is 4.79 Å². The Balaban J connectivity index is 1.85. The fraction of sp³-hybridized carbons (Fsp3) is 0.214. The first-order valence-electron chi connectivity index (χ1n) is 6.44. The molecule has 0 bridgehead atoms. The number of carbonyl (C=O) groups excluding carboxylic acids is 1. The molecule has 1 aliphatic heterocycles. The smallest absolute Gasteiger partial charge is 0.269 e. The highest BCUT2D eigenvalue weighted by atomic mass is 16.5. The number of benzene rings is 1. The maximum Gasteiger partial charge on any atom is 0.269 e. The fourth-order valence-electron chi connectivity index (χ4n) is 1.87. The van der Waals surface area contributed by atoms with E-state index in [2.05, 4.69) is 20.6 Å². The van der Waals surface area contributed by atoms with Crippen molar-refractivity contribution < 1.29 is 9.53 Å². The van der Waals surface area contributed by atoms with Crippen molar-refractivity contribution in [1.29, 1.82) is 0 Å². The molecule has 1 aromatic heterocycles. The first kappa shape index (κ1) is 13.2. The van der Waals surface area contributed by atoms with Gasteiger partial charge in [-0.2, -0.15) is 4.98 Å². The van der Waals surface area contributed by atoms with Gasteiger partial charge in [-0.25, -0.2) is 4.98 Å². The molecule has 1 aliphatic rings. The van der Waals surface area contributed by atoms with Gasteiger partial charge in [0.25, 0.3) is 5.91 Å². The molecule has 108 valence electrons. The minimum Gasteiger partial charge on any atom is -0.472 e. The Labute approximate surface area is 121 Å². The van der Waals surface area contributed by atoms with E-state index in [0.717, 1.165) is 5.69 Å². The Morgan fingerprint density at radius 2 is 2.00 bits per heavy atom. The van der Waals surface area contributed by atoms with Crippen LogP contribution in [0, 0.1) is 0 Å². The topological polar surface area (TPSA) is 102 Å². The van der Waals surface area contributed by atoms with Crippen molar-refractivity contribution in [2.45, 2.75) is 19.4 Å².